The molecular weight excluding hydrogens is 799 g/mol. The molecule has 8 N–H and O–H groups in total. The molecule has 0 aromatic heterocycles. The molecule has 372 valence electrons. The molecule has 1 rings (SSSR count). The maximum absolute atomic E-state index is 13.1. The van der Waals surface area contributed by atoms with Crippen LogP contribution in [0.1, 0.15) is 232 Å². The molecule has 9 atom stereocenters. The summed E-state index contributed by atoms with van der Waals surface area (Å²) < 4.78 is 11.1. The van der Waals surface area contributed by atoms with E-state index in [0.717, 1.165) is 38.5 Å². The third-order valence-electron chi connectivity index (χ3n) is 12.7. The molecular formula is C52H99NO10. The molecule has 1 amide bonds. The number of carbonyl (C=O) groups excluding carboxylic acids is 1. The molecule has 0 aromatic rings. The number of rotatable bonds is 44. The molecule has 9 unspecified atom stereocenters. The van der Waals surface area contributed by atoms with E-state index >= 15 is 0 Å². The highest BCUT2D eigenvalue weighted by molar-refractivity contribution is 5.80. The van der Waals surface area contributed by atoms with Crippen molar-refractivity contribution in [1.82, 2.24) is 5.32 Å². The molecule has 1 aliphatic rings. The van der Waals surface area contributed by atoms with Gasteiger partial charge in [0.25, 0.3) is 0 Å². The highest BCUT2D eigenvalue weighted by Crippen LogP contribution is 2.23. The van der Waals surface area contributed by atoms with E-state index in [1.54, 1.807) is 0 Å². The number of amides is 1. The van der Waals surface area contributed by atoms with Crippen molar-refractivity contribution in [2.24, 2.45) is 0 Å². The first-order chi connectivity index (χ1) is 30.7. The molecule has 0 spiro atoms. The molecule has 1 fully saturated rings. The van der Waals surface area contributed by atoms with E-state index in [0.29, 0.717) is 19.3 Å². The van der Waals surface area contributed by atoms with E-state index < -0.39 is 74.2 Å². The van der Waals surface area contributed by atoms with E-state index in [1.165, 1.54) is 148 Å². The van der Waals surface area contributed by atoms with Gasteiger partial charge in [0.2, 0.25) is 5.91 Å². The predicted octanol–water partition coefficient (Wildman–Crippen LogP) is 9.79. The Bertz CT molecular complexity index is 1080. The second kappa shape index (κ2) is 42.0. The second-order valence-electron chi connectivity index (χ2n) is 18.6. The summed E-state index contributed by atoms with van der Waals surface area (Å²) in [6.45, 7) is 3.42. The Labute approximate surface area is 384 Å². The van der Waals surface area contributed by atoms with Gasteiger partial charge in [-0.3, -0.25) is 4.79 Å². The van der Waals surface area contributed by atoms with E-state index in [9.17, 15) is 40.5 Å². The Hall–Kier alpha value is -1.41. The van der Waals surface area contributed by atoms with Crippen LogP contribution in [0.4, 0.5) is 0 Å². The van der Waals surface area contributed by atoms with Gasteiger partial charge in [-0.25, -0.2) is 0 Å². The van der Waals surface area contributed by atoms with Crippen LogP contribution in [0.2, 0.25) is 0 Å². The summed E-state index contributed by atoms with van der Waals surface area (Å²) in [5.74, 6) is -0.710. The van der Waals surface area contributed by atoms with Crippen molar-refractivity contribution >= 4 is 5.91 Å². The molecule has 1 aliphatic heterocycles. The largest absolute Gasteiger partial charge is 0.394 e. The molecule has 0 saturated carbocycles. The van der Waals surface area contributed by atoms with Gasteiger partial charge in [0.1, 0.15) is 36.6 Å². The number of nitrogens with one attached hydrogen (secondary N) is 1. The Kier molecular flexibility index (Phi) is 39.7. The Balaban J connectivity index is 2.35. The zero-order chi connectivity index (χ0) is 46.2. The zero-order valence-electron chi connectivity index (χ0n) is 40.3. The SMILES string of the molecule is CCCCCCCCCCCCCCCCCC/C=C/CC/C=C/CCCC(O)C(O)C(COC1OC(CO)C(O)C(O)C1O)NC(=O)C(O)CCCCCCCCCCCCC. The number of aliphatic hydroxyl groups excluding tert-OH is 7. The minimum atomic E-state index is -1.67. The van der Waals surface area contributed by atoms with Crippen LogP contribution in [0.3, 0.4) is 0 Å². The number of aliphatic hydroxyl groups is 7. The van der Waals surface area contributed by atoms with Crippen molar-refractivity contribution in [3.63, 3.8) is 0 Å². The van der Waals surface area contributed by atoms with Gasteiger partial charge in [0.15, 0.2) is 6.29 Å². The summed E-state index contributed by atoms with van der Waals surface area (Å²) in [5, 5.41) is 75.7. The minimum Gasteiger partial charge on any atom is -0.394 e. The molecule has 1 heterocycles. The number of allylic oxidation sites excluding steroid dienone is 4. The van der Waals surface area contributed by atoms with Crippen molar-refractivity contribution in [2.75, 3.05) is 13.2 Å². The van der Waals surface area contributed by atoms with E-state index in [-0.39, 0.29) is 12.8 Å². The van der Waals surface area contributed by atoms with Gasteiger partial charge in [0, 0.05) is 0 Å². The molecule has 0 bridgehead atoms. The minimum absolute atomic E-state index is 0.248. The Morgan fingerprint density at radius 3 is 1.41 bits per heavy atom. The maximum atomic E-state index is 13.1. The summed E-state index contributed by atoms with van der Waals surface area (Å²) in [6.07, 6.45) is 36.8. The Morgan fingerprint density at radius 1 is 0.540 bits per heavy atom. The van der Waals surface area contributed by atoms with Crippen LogP contribution in [0.25, 0.3) is 0 Å². The first-order valence-electron chi connectivity index (χ1n) is 26.2. The fourth-order valence-corrected chi connectivity index (χ4v) is 8.40. The molecule has 63 heavy (non-hydrogen) atoms. The van der Waals surface area contributed by atoms with Crippen LogP contribution >= 0.6 is 0 Å². The predicted molar refractivity (Wildman–Crippen MR) is 256 cm³/mol. The summed E-state index contributed by atoms with van der Waals surface area (Å²) in [4.78, 5) is 13.1. The highest BCUT2D eigenvalue weighted by Gasteiger charge is 2.44. The number of unbranched alkanes of at least 4 members (excludes halogenated alkanes) is 28. The number of ether oxygens (including phenoxy) is 2. The normalized spacial score (nSPS) is 21.3. The number of hydrogen-bond donors (Lipinski definition) is 8. The summed E-state index contributed by atoms with van der Waals surface area (Å²) in [6, 6.07) is -1.19. The van der Waals surface area contributed by atoms with Gasteiger partial charge in [-0.15, -0.1) is 0 Å². The lowest BCUT2D eigenvalue weighted by Crippen LogP contribution is -2.60. The van der Waals surface area contributed by atoms with Crippen molar-refractivity contribution in [2.45, 2.75) is 287 Å². The lowest BCUT2D eigenvalue weighted by molar-refractivity contribution is -0.303. The molecule has 1 saturated heterocycles. The van der Waals surface area contributed by atoms with Crippen LogP contribution in [0.15, 0.2) is 24.3 Å². The molecule has 11 nitrogen and oxygen atoms in total. The van der Waals surface area contributed by atoms with Crippen LogP contribution in [0, 0.1) is 0 Å². The molecule has 11 heteroatoms. The average molecular weight is 898 g/mol. The van der Waals surface area contributed by atoms with Gasteiger partial charge >= 0.3 is 0 Å². The van der Waals surface area contributed by atoms with E-state index in [2.05, 4.69) is 43.5 Å². The van der Waals surface area contributed by atoms with E-state index in [4.69, 9.17) is 9.47 Å². The van der Waals surface area contributed by atoms with Crippen molar-refractivity contribution in [3.05, 3.63) is 24.3 Å². The third kappa shape index (κ3) is 31.2. The third-order valence-corrected chi connectivity index (χ3v) is 12.7. The summed E-state index contributed by atoms with van der Waals surface area (Å²) in [5.41, 5.74) is 0. The fourth-order valence-electron chi connectivity index (χ4n) is 8.40. The Morgan fingerprint density at radius 2 is 0.952 bits per heavy atom. The fraction of sp³-hybridized carbons (Fsp3) is 0.904. The molecule has 0 aliphatic carbocycles. The summed E-state index contributed by atoms with van der Waals surface area (Å²) in [7, 11) is 0. The topological polar surface area (TPSA) is 189 Å². The zero-order valence-corrected chi connectivity index (χ0v) is 40.3. The van der Waals surface area contributed by atoms with Gasteiger partial charge in [-0.05, 0) is 51.4 Å². The lowest BCUT2D eigenvalue weighted by Gasteiger charge is -2.40. The quantitative estimate of drug-likeness (QED) is 0.0216. The lowest BCUT2D eigenvalue weighted by atomic mass is 9.98. The number of hydrogen-bond acceptors (Lipinski definition) is 10. The van der Waals surface area contributed by atoms with Gasteiger partial charge in [-0.1, -0.05) is 205 Å². The maximum Gasteiger partial charge on any atom is 0.249 e. The number of carbonyl (C=O) groups is 1. The van der Waals surface area contributed by atoms with Gasteiger partial charge < -0.3 is 50.5 Å². The van der Waals surface area contributed by atoms with Crippen LogP contribution in [-0.4, -0.2) is 110 Å². The van der Waals surface area contributed by atoms with Crippen molar-refractivity contribution in [3.8, 4) is 0 Å². The van der Waals surface area contributed by atoms with Crippen LogP contribution < -0.4 is 5.32 Å². The first kappa shape index (κ1) is 59.6. The van der Waals surface area contributed by atoms with Gasteiger partial charge in [0.05, 0.1) is 25.4 Å². The molecule has 0 aromatic carbocycles. The van der Waals surface area contributed by atoms with E-state index in [1.807, 2.05) is 0 Å². The standard InChI is InChI=1S/C52H99NO10/c1-3-5-7-9-11-13-15-16-17-18-19-20-21-22-23-24-25-26-27-28-30-31-33-35-37-39-44(55)47(57)43(42-62-52-50(60)49(59)48(58)46(41-54)63-52)53-51(61)45(56)40-38-36-34-32-29-14-12-10-8-6-4-2/h26-27,31,33,43-50,52,54-60H,3-25,28-30,32,34-42H2,1-2H3,(H,53,61)/b27-26+,33-31+. The first-order valence-corrected chi connectivity index (χ1v) is 26.2. The van der Waals surface area contributed by atoms with Crippen molar-refractivity contribution in [1.29, 1.82) is 0 Å². The average Bonchev–Trinajstić information content (AvgIpc) is 3.28. The van der Waals surface area contributed by atoms with Gasteiger partial charge in [-0.2, -0.15) is 0 Å². The molecule has 0 radical (unpaired) electrons. The smallest absolute Gasteiger partial charge is 0.249 e. The highest BCUT2D eigenvalue weighted by atomic mass is 16.7. The second-order valence-corrected chi connectivity index (χ2v) is 18.6. The van der Waals surface area contributed by atoms with Crippen LogP contribution in [-0.2, 0) is 14.3 Å². The summed E-state index contributed by atoms with van der Waals surface area (Å²) >= 11 is 0. The van der Waals surface area contributed by atoms with Crippen LogP contribution in [0.5, 0.6) is 0 Å². The monoisotopic (exact) mass is 898 g/mol. The van der Waals surface area contributed by atoms with Crippen molar-refractivity contribution < 1.29 is 50.0 Å².